The predicted molar refractivity (Wildman–Crippen MR) is 59.2 cm³/mol. The fraction of sp³-hybridized carbons (Fsp3) is 0.364. The number of rotatable bonds is 5. The van der Waals surface area contributed by atoms with Gasteiger partial charge in [-0.3, -0.25) is 4.79 Å². The van der Waals surface area contributed by atoms with Crippen LogP contribution >= 0.6 is 0 Å². The Hall–Kier alpha value is -1.91. The predicted octanol–water partition coefficient (Wildman–Crippen LogP) is 2.00. The van der Waals surface area contributed by atoms with E-state index in [-0.39, 0.29) is 6.73 Å². The highest BCUT2D eigenvalue weighted by molar-refractivity contribution is 5.65. The number of hydrogen-bond acceptors (Lipinski definition) is 4. The lowest BCUT2D eigenvalue weighted by molar-refractivity contribution is -0.146. The molecule has 0 N–H and O–H groups in total. The van der Waals surface area contributed by atoms with E-state index in [1.807, 2.05) is 31.2 Å². The van der Waals surface area contributed by atoms with Gasteiger partial charge in [0.05, 0.1) is 11.8 Å². The largest absolute Gasteiger partial charge is 0.443 e. The fourth-order valence-electron chi connectivity index (χ4n) is 1.17. The summed E-state index contributed by atoms with van der Waals surface area (Å²) < 4.78 is 4.68. The van der Waals surface area contributed by atoms with Crippen LogP contribution < -0.4 is 0 Å². The molecule has 0 aromatic heterocycles. The molecule has 1 aromatic carbocycles. The standard InChI is InChI=1S/C11H14N2O3/c1-9-3-5-11(6-4-9)7-13(12-15)8-16-10(2)14/h3-6H,7-8H2,1-2H3. The molecule has 0 atom stereocenters. The van der Waals surface area contributed by atoms with Gasteiger partial charge in [0.15, 0.2) is 6.73 Å². The van der Waals surface area contributed by atoms with E-state index >= 15 is 0 Å². The quantitative estimate of drug-likeness (QED) is 0.331. The Morgan fingerprint density at radius 3 is 2.50 bits per heavy atom. The lowest BCUT2D eigenvalue weighted by Crippen LogP contribution is -2.21. The second-order valence-corrected chi connectivity index (χ2v) is 3.50. The van der Waals surface area contributed by atoms with Crippen molar-refractivity contribution in [2.75, 3.05) is 6.73 Å². The Kier molecular flexibility index (Phi) is 4.44. The molecule has 0 saturated carbocycles. The smallest absolute Gasteiger partial charge is 0.304 e. The lowest BCUT2D eigenvalue weighted by atomic mass is 10.1. The van der Waals surface area contributed by atoms with Gasteiger partial charge in [0.1, 0.15) is 0 Å². The van der Waals surface area contributed by atoms with Crippen molar-refractivity contribution in [3.63, 3.8) is 0 Å². The van der Waals surface area contributed by atoms with Crippen molar-refractivity contribution >= 4 is 5.97 Å². The molecule has 0 heterocycles. The molecule has 0 aliphatic rings. The highest BCUT2D eigenvalue weighted by Gasteiger charge is 2.05. The molecule has 1 aromatic rings. The number of nitrogens with zero attached hydrogens (tertiary/aromatic N) is 2. The molecule has 5 nitrogen and oxygen atoms in total. The Balaban J connectivity index is 2.52. The molecule has 16 heavy (non-hydrogen) atoms. The summed E-state index contributed by atoms with van der Waals surface area (Å²) in [4.78, 5) is 21.0. The lowest BCUT2D eigenvalue weighted by Gasteiger charge is -2.14. The summed E-state index contributed by atoms with van der Waals surface area (Å²) in [5.74, 6) is -0.433. The summed E-state index contributed by atoms with van der Waals surface area (Å²) >= 11 is 0. The first kappa shape index (κ1) is 12.2. The van der Waals surface area contributed by atoms with E-state index in [2.05, 4.69) is 10.0 Å². The zero-order valence-electron chi connectivity index (χ0n) is 9.34. The molecule has 0 aliphatic heterocycles. The van der Waals surface area contributed by atoms with Gasteiger partial charge < -0.3 is 4.74 Å². The number of hydrogen-bond donors (Lipinski definition) is 0. The minimum atomic E-state index is -0.433. The maximum absolute atomic E-state index is 10.6. The monoisotopic (exact) mass is 222 g/mol. The fourth-order valence-corrected chi connectivity index (χ4v) is 1.17. The Labute approximate surface area is 94.0 Å². The van der Waals surface area contributed by atoms with Crippen molar-refractivity contribution < 1.29 is 9.53 Å². The number of nitroso groups, excluding NO2 is 1. The summed E-state index contributed by atoms with van der Waals surface area (Å²) in [6.45, 7) is 3.48. The number of carbonyl (C=O) groups excluding carboxylic acids is 1. The van der Waals surface area contributed by atoms with Crippen molar-refractivity contribution in [2.24, 2.45) is 5.29 Å². The second kappa shape index (κ2) is 5.85. The van der Waals surface area contributed by atoms with E-state index in [1.54, 1.807) is 0 Å². The number of esters is 1. The van der Waals surface area contributed by atoms with Gasteiger partial charge in [0, 0.05) is 6.92 Å². The van der Waals surface area contributed by atoms with Gasteiger partial charge in [-0.15, -0.1) is 4.91 Å². The summed E-state index contributed by atoms with van der Waals surface area (Å²) in [5.41, 5.74) is 2.09. The van der Waals surface area contributed by atoms with Gasteiger partial charge in [-0.25, -0.2) is 5.01 Å². The van der Waals surface area contributed by atoms with Gasteiger partial charge in [-0.2, -0.15) is 0 Å². The highest BCUT2D eigenvalue weighted by Crippen LogP contribution is 2.07. The number of benzene rings is 1. The summed E-state index contributed by atoms with van der Waals surface area (Å²) in [6, 6.07) is 7.71. The average molecular weight is 222 g/mol. The van der Waals surface area contributed by atoms with Crippen LogP contribution in [-0.2, 0) is 16.1 Å². The highest BCUT2D eigenvalue weighted by atomic mass is 16.5. The number of aryl methyl sites for hydroxylation is 1. The van der Waals surface area contributed by atoms with Crippen molar-refractivity contribution in [1.29, 1.82) is 0 Å². The van der Waals surface area contributed by atoms with Crippen LogP contribution in [0.1, 0.15) is 18.1 Å². The van der Waals surface area contributed by atoms with Gasteiger partial charge in [0.25, 0.3) is 0 Å². The van der Waals surface area contributed by atoms with Crippen LogP contribution in [0.5, 0.6) is 0 Å². The third-order valence-electron chi connectivity index (χ3n) is 2.02. The first-order chi connectivity index (χ1) is 7.61. The first-order valence-electron chi connectivity index (χ1n) is 4.89. The number of ether oxygens (including phenoxy) is 1. The van der Waals surface area contributed by atoms with E-state index < -0.39 is 5.97 Å². The SMILES string of the molecule is CC(=O)OCN(Cc1ccc(C)cc1)N=O. The summed E-state index contributed by atoms with van der Waals surface area (Å²) in [7, 11) is 0. The third-order valence-corrected chi connectivity index (χ3v) is 2.02. The Bertz CT molecular complexity index is 362. The average Bonchev–Trinajstić information content (AvgIpc) is 2.26. The molecule has 0 saturated heterocycles. The van der Waals surface area contributed by atoms with E-state index in [9.17, 15) is 9.70 Å². The van der Waals surface area contributed by atoms with E-state index in [0.29, 0.717) is 6.54 Å². The van der Waals surface area contributed by atoms with Crippen LogP contribution in [0.15, 0.2) is 29.6 Å². The van der Waals surface area contributed by atoms with E-state index in [1.165, 1.54) is 6.92 Å². The van der Waals surface area contributed by atoms with Gasteiger partial charge >= 0.3 is 5.97 Å². The summed E-state index contributed by atoms with van der Waals surface area (Å²) in [6.07, 6.45) is 0. The van der Waals surface area contributed by atoms with Crippen molar-refractivity contribution in [3.05, 3.63) is 40.3 Å². The maximum Gasteiger partial charge on any atom is 0.304 e. The van der Waals surface area contributed by atoms with Crippen LogP contribution in [0.25, 0.3) is 0 Å². The van der Waals surface area contributed by atoms with Crippen LogP contribution in [0, 0.1) is 11.8 Å². The van der Waals surface area contributed by atoms with Crippen LogP contribution in [0.4, 0.5) is 0 Å². The third kappa shape index (κ3) is 4.08. The molecule has 1 rings (SSSR count). The maximum atomic E-state index is 10.6. The Morgan fingerprint density at radius 2 is 2.00 bits per heavy atom. The molecule has 0 fully saturated rings. The molecule has 0 spiro atoms. The molecule has 0 amide bonds. The van der Waals surface area contributed by atoms with Crippen LogP contribution in [0.2, 0.25) is 0 Å². The van der Waals surface area contributed by atoms with Gasteiger partial charge in [-0.05, 0) is 12.5 Å². The van der Waals surface area contributed by atoms with E-state index in [4.69, 9.17) is 0 Å². The minimum Gasteiger partial charge on any atom is -0.443 e. The normalized spacial score (nSPS) is 9.62. The molecule has 0 bridgehead atoms. The Morgan fingerprint density at radius 1 is 1.38 bits per heavy atom. The zero-order valence-corrected chi connectivity index (χ0v) is 9.34. The van der Waals surface area contributed by atoms with E-state index in [0.717, 1.165) is 16.1 Å². The molecule has 0 aliphatic carbocycles. The minimum absolute atomic E-state index is 0.118. The molecular weight excluding hydrogens is 208 g/mol. The molecular formula is C11H14N2O3. The zero-order chi connectivity index (χ0) is 12.0. The van der Waals surface area contributed by atoms with Crippen molar-refractivity contribution in [1.82, 2.24) is 5.01 Å². The second-order valence-electron chi connectivity index (χ2n) is 3.50. The van der Waals surface area contributed by atoms with Crippen LogP contribution in [0.3, 0.4) is 0 Å². The molecule has 5 heteroatoms. The molecule has 0 unspecified atom stereocenters. The first-order valence-corrected chi connectivity index (χ1v) is 4.89. The molecule has 86 valence electrons. The molecule has 0 radical (unpaired) electrons. The van der Waals surface area contributed by atoms with Gasteiger partial charge in [0.2, 0.25) is 0 Å². The topological polar surface area (TPSA) is 59.0 Å². The van der Waals surface area contributed by atoms with Crippen LogP contribution in [-0.4, -0.2) is 17.7 Å². The summed E-state index contributed by atoms with van der Waals surface area (Å²) in [5, 5.41) is 3.93. The van der Waals surface area contributed by atoms with Crippen molar-refractivity contribution in [3.8, 4) is 0 Å². The van der Waals surface area contributed by atoms with Gasteiger partial charge in [-0.1, -0.05) is 29.8 Å². The number of carbonyl (C=O) groups is 1. The van der Waals surface area contributed by atoms with Crippen molar-refractivity contribution in [2.45, 2.75) is 20.4 Å².